The van der Waals surface area contributed by atoms with Gasteiger partial charge in [-0.1, -0.05) is 6.42 Å². The predicted octanol–water partition coefficient (Wildman–Crippen LogP) is 2.74. The van der Waals surface area contributed by atoms with E-state index >= 15 is 0 Å². The van der Waals surface area contributed by atoms with Crippen molar-refractivity contribution < 1.29 is 4.79 Å². The van der Waals surface area contributed by atoms with Crippen LogP contribution >= 0.6 is 0 Å². The van der Waals surface area contributed by atoms with Crippen LogP contribution in [0.3, 0.4) is 0 Å². The fraction of sp³-hybridized carbons (Fsp3) is 0.600. The Hall–Kier alpha value is -1.58. The van der Waals surface area contributed by atoms with Crippen LogP contribution in [0.5, 0.6) is 0 Å². The second kappa shape index (κ2) is 4.83. The molecule has 2 saturated carbocycles. The highest BCUT2D eigenvalue weighted by molar-refractivity contribution is 5.90. The molecule has 1 aromatic heterocycles. The number of nitrogens with zero attached hydrogens (tertiary/aromatic N) is 1. The Morgan fingerprint density at radius 1 is 1.47 bits per heavy atom. The van der Waals surface area contributed by atoms with Crippen LogP contribution in [0, 0.1) is 24.7 Å². The Morgan fingerprint density at radius 2 is 2.32 bits per heavy atom. The van der Waals surface area contributed by atoms with Crippen LogP contribution in [-0.4, -0.2) is 10.9 Å². The molecule has 0 aromatic carbocycles. The van der Waals surface area contributed by atoms with E-state index in [1.54, 1.807) is 6.20 Å². The number of carbonyl (C=O) groups excluding carboxylic acids is 1. The van der Waals surface area contributed by atoms with Crippen LogP contribution in [0.1, 0.15) is 37.7 Å². The molecule has 102 valence electrons. The van der Waals surface area contributed by atoms with Crippen LogP contribution < -0.4 is 11.1 Å². The summed E-state index contributed by atoms with van der Waals surface area (Å²) >= 11 is 0. The largest absolute Gasteiger partial charge is 0.397 e. The van der Waals surface area contributed by atoms with Gasteiger partial charge in [0.1, 0.15) is 5.82 Å². The van der Waals surface area contributed by atoms with Crippen molar-refractivity contribution in [1.82, 2.24) is 4.98 Å². The van der Waals surface area contributed by atoms with Crippen molar-refractivity contribution >= 4 is 17.4 Å². The maximum absolute atomic E-state index is 12.1. The van der Waals surface area contributed by atoms with Gasteiger partial charge in [-0.3, -0.25) is 4.79 Å². The van der Waals surface area contributed by atoms with E-state index in [0.717, 1.165) is 17.4 Å². The first-order chi connectivity index (χ1) is 9.11. The zero-order chi connectivity index (χ0) is 13.4. The topological polar surface area (TPSA) is 68.0 Å². The molecule has 1 amide bonds. The maximum Gasteiger partial charge on any atom is 0.225 e. The third-order valence-electron chi connectivity index (χ3n) is 4.69. The summed E-state index contributed by atoms with van der Waals surface area (Å²) in [4.78, 5) is 16.3. The summed E-state index contributed by atoms with van der Waals surface area (Å²) in [6.45, 7) is 1.91. The van der Waals surface area contributed by atoms with Crippen molar-refractivity contribution in [3.05, 3.63) is 17.8 Å². The number of pyridine rings is 1. The van der Waals surface area contributed by atoms with Crippen molar-refractivity contribution in [2.75, 3.05) is 11.1 Å². The van der Waals surface area contributed by atoms with E-state index in [2.05, 4.69) is 10.3 Å². The second-order valence-corrected chi connectivity index (χ2v) is 6.12. The number of aromatic nitrogens is 1. The third-order valence-corrected chi connectivity index (χ3v) is 4.69. The van der Waals surface area contributed by atoms with E-state index in [0.29, 0.717) is 23.8 Å². The zero-order valence-corrected chi connectivity index (χ0v) is 11.4. The number of rotatable bonds is 3. The van der Waals surface area contributed by atoms with Gasteiger partial charge in [0.2, 0.25) is 5.91 Å². The SMILES string of the molecule is Cc1cc(N)cnc1NC(=O)CC1CC2CCC1C2. The smallest absolute Gasteiger partial charge is 0.225 e. The first-order valence-corrected chi connectivity index (χ1v) is 7.14. The number of hydrogen-bond acceptors (Lipinski definition) is 3. The summed E-state index contributed by atoms with van der Waals surface area (Å²) in [6.07, 6.45) is 7.51. The van der Waals surface area contributed by atoms with Gasteiger partial charge in [0, 0.05) is 6.42 Å². The Balaban J connectivity index is 1.59. The van der Waals surface area contributed by atoms with Crippen LogP contribution in [0.2, 0.25) is 0 Å². The maximum atomic E-state index is 12.1. The fourth-order valence-electron chi connectivity index (χ4n) is 3.78. The molecule has 1 aromatic rings. The molecule has 2 aliphatic rings. The highest BCUT2D eigenvalue weighted by Crippen LogP contribution is 2.49. The molecule has 0 spiro atoms. The van der Waals surface area contributed by atoms with Gasteiger partial charge in [0.05, 0.1) is 11.9 Å². The number of nitrogens with one attached hydrogen (secondary N) is 1. The van der Waals surface area contributed by atoms with Crippen LogP contribution in [0.15, 0.2) is 12.3 Å². The number of hydrogen-bond donors (Lipinski definition) is 2. The fourth-order valence-corrected chi connectivity index (χ4v) is 3.78. The molecule has 0 radical (unpaired) electrons. The van der Waals surface area contributed by atoms with E-state index in [-0.39, 0.29) is 5.91 Å². The van der Waals surface area contributed by atoms with Crippen molar-refractivity contribution in [1.29, 1.82) is 0 Å². The summed E-state index contributed by atoms with van der Waals surface area (Å²) in [6, 6.07) is 1.83. The molecule has 2 aliphatic carbocycles. The third kappa shape index (κ3) is 2.57. The summed E-state index contributed by atoms with van der Waals surface area (Å²) < 4.78 is 0. The highest BCUT2D eigenvalue weighted by Gasteiger charge is 2.40. The molecule has 2 bridgehead atoms. The monoisotopic (exact) mass is 259 g/mol. The molecule has 0 saturated heterocycles. The quantitative estimate of drug-likeness (QED) is 0.877. The highest BCUT2D eigenvalue weighted by atomic mass is 16.1. The second-order valence-electron chi connectivity index (χ2n) is 6.12. The Morgan fingerprint density at radius 3 is 2.95 bits per heavy atom. The predicted molar refractivity (Wildman–Crippen MR) is 75.6 cm³/mol. The molecular formula is C15H21N3O. The number of nitrogen functional groups attached to an aromatic ring is 1. The van der Waals surface area contributed by atoms with Gasteiger partial charge >= 0.3 is 0 Å². The summed E-state index contributed by atoms with van der Waals surface area (Å²) in [7, 11) is 0. The van der Waals surface area contributed by atoms with Crippen molar-refractivity contribution in [2.24, 2.45) is 17.8 Å². The van der Waals surface area contributed by atoms with Crippen LogP contribution in [0.25, 0.3) is 0 Å². The molecule has 19 heavy (non-hydrogen) atoms. The van der Waals surface area contributed by atoms with E-state index in [4.69, 9.17) is 5.73 Å². The van der Waals surface area contributed by atoms with Crippen LogP contribution in [0.4, 0.5) is 11.5 Å². The number of fused-ring (bicyclic) bond motifs is 2. The molecule has 3 unspecified atom stereocenters. The number of amides is 1. The molecule has 0 aliphatic heterocycles. The minimum atomic E-state index is 0.0953. The molecule has 1 heterocycles. The first-order valence-electron chi connectivity index (χ1n) is 7.14. The summed E-state index contributed by atoms with van der Waals surface area (Å²) in [5, 5.41) is 2.92. The van der Waals surface area contributed by atoms with Crippen LogP contribution in [-0.2, 0) is 4.79 Å². The van der Waals surface area contributed by atoms with E-state index in [1.807, 2.05) is 13.0 Å². The number of carbonyl (C=O) groups is 1. The molecule has 2 fully saturated rings. The standard InChI is InChI=1S/C15H21N3O/c1-9-4-13(16)8-17-15(9)18-14(19)7-12-6-10-2-3-11(12)5-10/h4,8,10-12H,2-3,5-7,16H2,1H3,(H,17,18,19). The van der Waals surface area contributed by atoms with E-state index < -0.39 is 0 Å². The zero-order valence-electron chi connectivity index (χ0n) is 11.4. The molecule has 3 atom stereocenters. The molecule has 4 heteroatoms. The number of aryl methyl sites for hydroxylation is 1. The number of anilines is 2. The first kappa shape index (κ1) is 12.5. The Bertz CT molecular complexity index is 500. The van der Waals surface area contributed by atoms with Gasteiger partial charge in [0.15, 0.2) is 0 Å². The lowest BCUT2D eigenvalue weighted by Crippen LogP contribution is -2.21. The van der Waals surface area contributed by atoms with Gasteiger partial charge in [0.25, 0.3) is 0 Å². The van der Waals surface area contributed by atoms with E-state index in [9.17, 15) is 4.79 Å². The lowest BCUT2D eigenvalue weighted by Gasteiger charge is -2.21. The average Bonchev–Trinajstić information content (AvgIpc) is 2.95. The van der Waals surface area contributed by atoms with Gasteiger partial charge in [-0.25, -0.2) is 4.98 Å². The Labute approximate surface area is 113 Å². The van der Waals surface area contributed by atoms with E-state index in [1.165, 1.54) is 25.7 Å². The molecule has 4 nitrogen and oxygen atoms in total. The van der Waals surface area contributed by atoms with Gasteiger partial charge in [-0.05, 0) is 55.6 Å². The lowest BCUT2D eigenvalue weighted by atomic mass is 9.86. The minimum Gasteiger partial charge on any atom is -0.397 e. The summed E-state index contributed by atoms with van der Waals surface area (Å²) in [5.41, 5.74) is 7.20. The van der Waals surface area contributed by atoms with Gasteiger partial charge in [-0.15, -0.1) is 0 Å². The van der Waals surface area contributed by atoms with Crippen molar-refractivity contribution in [3.63, 3.8) is 0 Å². The normalized spacial score (nSPS) is 28.6. The minimum absolute atomic E-state index is 0.0953. The molecular weight excluding hydrogens is 238 g/mol. The Kier molecular flexibility index (Phi) is 3.17. The average molecular weight is 259 g/mol. The lowest BCUT2D eigenvalue weighted by molar-refractivity contribution is -0.117. The number of nitrogens with two attached hydrogens (primary N) is 1. The van der Waals surface area contributed by atoms with Gasteiger partial charge in [-0.2, -0.15) is 0 Å². The van der Waals surface area contributed by atoms with Gasteiger partial charge < -0.3 is 11.1 Å². The molecule has 3 N–H and O–H groups in total. The summed E-state index contributed by atoms with van der Waals surface area (Å²) in [5.74, 6) is 3.00. The van der Waals surface area contributed by atoms with Crippen molar-refractivity contribution in [2.45, 2.75) is 39.0 Å². The molecule has 3 rings (SSSR count). The van der Waals surface area contributed by atoms with Crippen molar-refractivity contribution in [3.8, 4) is 0 Å².